The maximum absolute atomic E-state index is 13.6. The van der Waals surface area contributed by atoms with E-state index < -0.39 is 5.82 Å². The molecule has 0 N–H and O–H groups in total. The third-order valence-corrected chi connectivity index (χ3v) is 5.14. The Kier molecular flexibility index (Phi) is 3.66. The first-order chi connectivity index (χ1) is 13.2. The highest BCUT2D eigenvalue weighted by Gasteiger charge is 2.47. The van der Waals surface area contributed by atoms with Crippen molar-refractivity contribution in [3.63, 3.8) is 0 Å². The zero-order valence-electron chi connectivity index (χ0n) is 14.4. The van der Waals surface area contributed by atoms with E-state index in [1.54, 1.807) is 23.0 Å². The van der Waals surface area contributed by atoms with Gasteiger partial charge in [-0.25, -0.2) is 4.39 Å². The summed E-state index contributed by atoms with van der Waals surface area (Å²) in [6.07, 6.45) is 2.54. The third-order valence-electron chi connectivity index (χ3n) is 5.14. The Balaban J connectivity index is 1.23. The number of halogens is 1. The van der Waals surface area contributed by atoms with Gasteiger partial charge in [-0.05, 0) is 30.7 Å². The second kappa shape index (κ2) is 6.19. The Morgan fingerprint density at radius 1 is 1.19 bits per heavy atom. The number of amides is 1. The molecule has 3 saturated heterocycles. The Morgan fingerprint density at radius 3 is 2.81 bits per heavy atom. The number of aromatic nitrogens is 4. The number of carbonyl (C=O) groups is 1. The van der Waals surface area contributed by atoms with Crippen LogP contribution < -0.4 is 9.64 Å². The molecule has 2 bridgehead atoms. The SMILES string of the molecule is O=C(COc1ccccc1F)N1C2CC1CN(c1ccc3nncn3n1)C2. The van der Waals surface area contributed by atoms with Gasteiger partial charge >= 0.3 is 0 Å². The molecule has 0 radical (unpaired) electrons. The summed E-state index contributed by atoms with van der Waals surface area (Å²) < 4.78 is 20.6. The van der Waals surface area contributed by atoms with Gasteiger partial charge in [-0.1, -0.05) is 12.1 Å². The molecule has 0 aliphatic carbocycles. The summed E-state index contributed by atoms with van der Waals surface area (Å²) in [4.78, 5) is 16.6. The van der Waals surface area contributed by atoms with Crippen molar-refractivity contribution >= 4 is 17.4 Å². The topological polar surface area (TPSA) is 75.9 Å². The number of fused-ring (bicyclic) bond motifs is 3. The first kappa shape index (κ1) is 16.0. The molecule has 27 heavy (non-hydrogen) atoms. The molecule has 2 atom stereocenters. The molecule has 6 rings (SSSR count). The van der Waals surface area contributed by atoms with Gasteiger partial charge in [0.1, 0.15) is 12.1 Å². The normalized spacial score (nSPS) is 21.2. The Labute approximate surface area is 154 Å². The fraction of sp³-hybridized carbons (Fsp3) is 0.333. The minimum Gasteiger partial charge on any atom is -0.481 e. The maximum Gasteiger partial charge on any atom is 0.261 e. The van der Waals surface area contributed by atoms with E-state index in [4.69, 9.17) is 4.74 Å². The molecule has 8 nitrogen and oxygen atoms in total. The van der Waals surface area contributed by atoms with E-state index in [0.29, 0.717) is 18.7 Å². The molecule has 0 spiro atoms. The Bertz CT molecular complexity index is 996. The number of anilines is 1. The number of nitrogens with zero attached hydrogens (tertiary/aromatic N) is 6. The van der Waals surface area contributed by atoms with Crippen molar-refractivity contribution < 1.29 is 13.9 Å². The standard InChI is InChI=1S/C18H17FN6O2/c19-14-3-1-2-4-15(14)27-10-18(26)25-12-7-13(25)9-23(8-12)17-6-5-16-21-20-11-24(16)22-17/h1-6,11-13H,7-10H2. The van der Waals surface area contributed by atoms with Crippen molar-refractivity contribution in [2.24, 2.45) is 0 Å². The van der Waals surface area contributed by atoms with Crippen LogP contribution >= 0.6 is 0 Å². The summed E-state index contributed by atoms with van der Waals surface area (Å²) in [5.41, 5.74) is 0.697. The lowest BCUT2D eigenvalue weighted by Gasteiger charge is -2.56. The summed E-state index contributed by atoms with van der Waals surface area (Å²) in [5, 5.41) is 12.3. The average Bonchev–Trinajstić information content (AvgIpc) is 3.15. The molecule has 2 unspecified atom stereocenters. The summed E-state index contributed by atoms with van der Waals surface area (Å²) in [7, 11) is 0. The van der Waals surface area contributed by atoms with Crippen molar-refractivity contribution in [2.45, 2.75) is 18.5 Å². The van der Waals surface area contributed by atoms with E-state index in [0.717, 1.165) is 12.2 Å². The van der Waals surface area contributed by atoms with Gasteiger partial charge in [-0.3, -0.25) is 4.79 Å². The highest BCUT2D eigenvalue weighted by atomic mass is 19.1. The lowest BCUT2D eigenvalue weighted by molar-refractivity contribution is -0.148. The smallest absolute Gasteiger partial charge is 0.261 e. The minimum atomic E-state index is -0.462. The van der Waals surface area contributed by atoms with Crippen LogP contribution in [0.1, 0.15) is 6.42 Å². The number of hydrogen-bond donors (Lipinski definition) is 0. The Hall–Kier alpha value is -3.23. The predicted molar refractivity (Wildman–Crippen MR) is 93.9 cm³/mol. The van der Waals surface area contributed by atoms with Crippen LogP contribution in [0.4, 0.5) is 10.2 Å². The minimum absolute atomic E-state index is 0.101. The molecular weight excluding hydrogens is 351 g/mol. The zero-order valence-corrected chi connectivity index (χ0v) is 14.4. The van der Waals surface area contributed by atoms with E-state index in [-0.39, 0.29) is 30.3 Å². The molecule has 3 fully saturated rings. The summed E-state index contributed by atoms with van der Waals surface area (Å²) in [6, 6.07) is 10.1. The monoisotopic (exact) mass is 368 g/mol. The fourth-order valence-corrected chi connectivity index (χ4v) is 3.87. The number of piperazine rings is 1. The average molecular weight is 368 g/mol. The van der Waals surface area contributed by atoms with E-state index in [9.17, 15) is 9.18 Å². The van der Waals surface area contributed by atoms with Gasteiger partial charge in [0.2, 0.25) is 0 Å². The first-order valence-electron chi connectivity index (χ1n) is 8.79. The molecule has 9 heteroatoms. The van der Waals surface area contributed by atoms with Crippen LogP contribution in [-0.2, 0) is 4.79 Å². The van der Waals surface area contributed by atoms with Crippen LogP contribution in [0.15, 0.2) is 42.7 Å². The molecule has 1 aromatic carbocycles. The number of benzene rings is 1. The van der Waals surface area contributed by atoms with E-state index in [2.05, 4.69) is 20.2 Å². The highest BCUT2D eigenvalue weighted by molar-refractivity contribution is 5.80. The third kappa shape index (κ3) is 2.75. The van der Waals surface area contributed by atoms with Crippen molar-refractivity contribution in [3.8, 4) is 5.75 Å². The van der Waals surface area contributed by atoms with Gasteiger partial charge in [0.05, 0.1) is 12.1 Å². The highest BCUT2D eigenvalue weighted by Crippen LogP contribution is 2.34. The second-order valence-electron chi connectivity index (χ2n) is 6.79. The predicted octanol–water partition coefficient (Wildman–Crippen LogP) is 1.13. The molecule has 3 aliphatic heterocycles. The molecular formula is C18H17FN6O2. The van der Waals surface area contributed by atoms with Crippen LogP contribution in [-0.4, -0.2) is 62.4 Å². The quantitative estimate of drug-likeness (QED) is 0.687. The number of ether oxygens (including phenoxy) is 1. The molecule has 3 aromatic rings. The van der Waals surface area contributed by atoms with E-state index in [1.165, 1.54) is 12.1 Å². The molecule has 3 aliphatic rings. The number of hydrogen-bond acceptors (Lipinski definition) is 6. The van der Waals surface area contributed by atoms with Crippen LogP contribution in [0, 0.1) is 5.82 Å². The van der Waals surface area contributed by atoms with E-state index >= 15 is 0 Å². The molecule has 2 aromatic heterocycles. The van der Waals surface area contributed by atoms with Crippen LogP contribution in [0.5, 0.6) is 5.75 Å². The number of carbonyl (C=O) groups excluding carboxylic acids is 1. The number of rotatable bonds is 4. The molecule has 1 amide bonds. The summed E-state index contributed by atoms with van der Waals surface area (Å²) in [6.45, 7) is 1.27. The van der Waals surface area contributed by atoms with Gasteiger partial charge in [-0.15, -0.1) is 15.3 Å². The maximum atomic E-state index is 13.6. The van der Waals surface area contributed by atoms with Crippen LogP contribution in [0.3, 0.4) is 0 Å². The summed E-state index contributed by atoms with van der Waals surface area (Å²) >= 11 is 0. The molecule has 138 valence electrons. The van der Waals surface area contributed by atoms with Gasteiger partial charge in [0, 0.05) is 13.1 Å². The van der Waals surface area contributed by atoms with Crippen molar-refractivity contribution in [1.82, 2.24) is 24.7 Å². The second-order valence-corrected chi connectivity index (χ2v) is 6.79. The van der Waals surface area contributed by atoms with Gasteiger partial charge in [-0.2, -0.15) is 4.52 Å². The number of para-hydroxylation sites is 1. The first-order valence-corrected chi connectivity index (χ1v) is 8.79. The van der Waals surface area contributed by atoms with Crippen LogP contribution in [0.25, 0.3) is 5.65 Å². The molecule has 5 heterocycles. The van der Waals surface area contributed by atoms with Crippen molar-refractivity contribution in [3.05, 3.63) is 48.5 Å². The lowest BCUT2D eigenvalue weighted by Crippen LogP contribution is -2.71. The number of piperidine rings is 1. The fourth-order valence-electron chi connectivity index (χ4n) is 3.87. The van der Waals surface area contributed by atoms with Crippen molar-refractivity contribution in [1.29, 1.82) is 0 Å². The largest absolute Gasteiger partial charge is 0.481 e. The van der Waals surface area contributed by atoms with E-state index in [1.807, 2.05) is 17.0 Å². The van der Waals surface area contributed by atoms with Gasteiger partial charge in [0.25, 0.3) is 5.91 Å². The zero-order chi connectivity index (χ0) is 18.4. The van der Waals surface area contributed by atoms with Gasteiger partial charge in [0.15, 0.2) is 23.8 Å². The summed E-state index contributed by atoms with van der Waals surface area (Å²) in [5.74, 6) is 0.369. The lowest BCUT2D eigenvalue weighted by atomic mass is 9.87. The molecule has 0 saturated carbocycles. The van der Waals surface area contributed by atoms with Crippen LogP contribution in [0.2, 0.25) is 0 Å². The van der Waals surface area contributed by atoms with Crippen molar-refractivity contribution in [2.75, 3.05) is 24.6 Å². The van der Waals surface area contributed by atoms with Gasteiger partial charge < -0.3 is 14.5 Å². The Morgan fingerprint density at radius 2 is 2.00 bits per heavy atom.